The maximum absolute atomic E-state index is 4.71. The van der Waals surface area contributed by atoms with Crippen molar-refractivity contribution in [2.45, 2.75) is 37.1 Å². The van der Waals surface area contributed by atoms with Gasteiger partial charge in [0.1, 0.15) is 12.4 Å². The Morgan fingerprint density at radius 1 is 1.18 bits per heavy atom. The molecular formula is C20H26N6S2. The number of thiophene rings is 1. The van der Waals surface area contributed by atoms with Crippen molar-refractivity contribution in [1.29, 1.82) is 0 Å². The first kappa shape index (κ1) is 20.4. The van der Waals surface area contributed by atoms with Gasteiger partial charge in [-0.2, -0.15) is 0 Å². The van der Waals surface area contributed by atoms with Crippen LogP contribution in [0.2, 0.25) is 0 Å². The molecule has 0 radical (unpaired) electrons. The van der Waals surface area contributed by atoms with E-state index in [0.717, 1.165) is 30.7 Å². The number of nitrogens with zero attached hydrogens (tertiary/aromatic N) is 4. The third-order valence-electron chi connectivity index (χ3n) is 4.21. The maximum Gasteiger partial charge on any atom is 0.192 e. The van der Waals surface area contributed by atoms with Crippen LogP contribution in [0.3, 0.4) is 0 Å². The van der Waals surface area contributed by atoms with E-state index in [0.29, 0.717) is 11.8 Å². The Morgan fingerprint density at radius 3 is 2.68 bits per heavy atom. The molecule has 0 aliphatic rings. The van der Waals surface area contributed by atoms with E-state index in [-0.39, 0.29) is 0 Å². The van der Waals surface area contributed by atoms with E-state index in [9.17, 15) is 0 Å². The average Bonchev–Trinajstić information content (AvgIpc) is 3.33. The zero-order chi connectivity index (χ0) is 19.8. The van der Waals surface area contributed by atoms with Crippen LogP contribution in [0.5, 0.6) is 0 Å². The summed E-state index contributed by atoms with van der Waals surface area (Å²) in [6.45, 7) is 6.21. The van der Waals surface area contributed by atoms with Crippen LogP contribution >= 0.6 is 23.1 Å². The molecule has 0 saturated heterocycles. The first-order valence-corrected chi connectivity index (χ1v) is 11.0. The molecule has 0 saturated carbocycles. The lowest BCUT2D eigenvalue weighted by molar-refractivity contribution is 0.748. The van der Waals surface area contributed by atoms with E-state index >= 15 is 0 Å². The van der Waals surface area contributed by atoms with Crippen molar-refractivity contribution >= 4 is 29.1 Å². The van der Waals surface area contributed by atoms with Gasteiger partial charge < -0.3 is 15.2 Å². The van der Waals surface area contributed by atoms with Crippen molar-refractivity contribution in [2.75, 3.05) is 6.54 Å². The van der Waals surface area contributed by atoms with Gasteiger partial charge in [-0.15, -0.1) is 33.3 Å². The number of aromatic nitrogens is 3. The molecule has 8 heteroatoms. The highest BCUT2D eigenvalue weighted by atomic mass is 32.2. The number of rotatable bonds is 8. The Balaban J connectivity index is 1.59. The van der Waals surface area contributed by atoms with Gasteiger partial charge in [0.15, 0.2) is 11.8 Å². The van der Waals surface area contributed by atoms with Crippen molar-refractivity contribution in [3.63, 3.8) is 0 Å². The minimum absolute atomic E-state index is 0.410. The number of hydrogen-bond donors (Lipinski definition) is 2. The van der Waals surface area contributed by atoms with Crippen molar-refractivity contribution in [3.8, 4) is 0 Å². The van der Waals surface area contributed by atoms with Crippen LogP contribution in [-0.2, 0) is 20.1 Å². The second-order valence-corrected chi connectivity index (χ2v) is 8.99. The Morgan fingerprint density at radius 2 is 2.00 bits per heavy atom. The number of hydrogen-bond acceptors (Lipinski definition) is 5. The minimum Gasteiger partial charge on any atom is -0.355 e. The van der Waals surface area contributed by atoms with Crippen LogP contribution in [0.4, 0.5) is 0 Å². The van der Waals surface area contributed by atoms with E-state index in [4.69, 9.17) is 4.99 Å². The van der Waals surface area contributed by atoms with E-state index in [1.165, 1.54) is 9.77 Å². The van der Waals surface area contributed by atoms with Crippen molar-refractivity contribution in [3.05, 3.63) is 64.4 Å². The second kappa shape index (κ2) is 10.3. The molecule has 0 spiro atoms. The van der Waals surface area contributed by atoms with Gasteiger partial charge in [0.05, 0.1) is 6.54 Å². The smallest absolute Gasteiger partial charge is 0.192 e. The van der Waals surface area contributed by atoms with Crippen LogP contribution in [-0.4, -0.2) is 32.5 Å². The van der Waals surface area contributed by atoms with E-state index < -0.39 is 0 Å². The summed E-state index contributed by atoms with van der Waals surface area (Å²) in [5, 5.41) is 17.7. The van der Waals surface area contributed by atoms with Gasteiger partial charge in [-0.05, 0) is 30.5 Å². The molecule has 2 N–H and O–H groups in total. The van der Waals surface area contributed by atoms with Gasteiger partial charge in [0.25, 0.3) is 0 Å². The summed E-state index contributed by atoms with van der Waals surface area (Å²) in [6, 6.07) is 14.6. The third kappa shape index (κ3) is 6.10. The van der Waals surface area contributed by atoms with Crippen LogP contribution in [0.1, 0.15) is 23.4 Å². The molecule has 2 aromatic heterocycles. The minimum atomic E-state index is 0.410. The first-order valence-electron chi connectivity index (χ1n) is 9.23. The van der Waals surface area contributed by atoms with E-state index in [1.54, 1.807) is 11.3 Å². The molecule has 148 valence electrons. The Labute approximate surface area is 174 Å². The van der Waals surface area contributed by atoms with Crippen LogP contribution in [0, 0.1) is 6.92 Å². The van der Waals surface area contributed by atoms with Gasteiger partial charge in [-0.25, -0.2) is 4.99 Å². The zero-order valence-electron chi connectivity index (χ0n) is 16.4. The molecule has 0 aliphatic heterocycles. The normalized spacial score (nSPS) is 12.8. The van der Waals surface area contributed by atoms with Gasteiger partial charge in [0, 0.05) is 28.6 Å². The molecule has 3 rings (SSSR count). The van der Waals surface area contributed by atoms with Crippen molar-refractivity contribution in [1.82, 2.24) is 25.4 Å². The molecular weight excluding hydrogens is 388 g/mol. The molecule has 3 aromatic rings. The lowest BCUT2D eigenvalue weighted by Crippen LogP contribution is -2.39. The predicted molar refractivity (Wildman–Crippen MR) is 118 cm³/mol. The van der Waals surface area contributed by atoms with Gasteiger partial charge in [0.2, 0.25) is 0 Å². The Kier molecular flexibility index (Phi) is 7.50. The van der Waals surface area contributed by atoms with Crippen LogP contribution in [0.25, 0.3) is 0 Å². The summed E-state index contributed by atoms with van der Waals surface area (Å²) in [5.74, 6) is 2.52. The molecule has 2 heterocycles. The Bertz CT molecular complexity index is 874. The average molecular weight is 415 g/mol. The zero-order valence-corrected chi connectivity index (χ0v) is 18.1. The number of aliphatic imine (C=N–C) groups is 1. The van der Waals surface area contributed by atoms with Crippen molar-refractivity contribution < 1.29 is 0 Å². The quantitative estimate of drug-likeness (QED) is 0.335. The Hall–Kier alpha value is -2.32. The largest absolute Gasteiger partial charge is 0.355 e. The molecule has 6 nitrogen and oxygen atoms in total. The van der Waals surface area contributed by atoms with Crippen LogP contribution in [0.15, 0.2) is 57.7 Å². The first-order chi connectivity index (χ1) is 13.6. The molecule has 28 heavy (non-hydrogen) atoms. The van der Waals surface area contributed by atoms with E-state index in [2.05, 4.69) is 69.5 Å². The fraction of sp³-hybridized carbons (Fsp3) is 0.350. The number of guanidine groups is 1. The summed E-state index contributed by atoms with van der Waals surface area (Å²) in [5.41, 5.74) is 0. The van der Waals surface area contributed by atoms with Gasteiger partial charge >= 0.3 is 0 Å². The number of thioether (sulfide) groups is 1. The molecule has 1 atom stereocenters. The monoisotopic (exact) mass is 414 g/mol. The molecule has 1 aromatic carbocycles. The predicted octanol–water partition coefficient (Wildman–Crippen LogP) is 3.60. The molecule has 0 aliphatic carbocycles. The molecule has 0 amide bonds. The number of aryl methyl sites for hydroxylation is 1. The highest BCUT2D eigenvalue weighted by Crippen LogP contribution is 2.21. The maximum atomic E-state index is 4.71. The fourth-order valence-corrected chi connectivity index (χ4v) is 4.10. The summed E-state index contributed by atoms with van der Waals surface area (Å²) in [7, 11) is 1.96. The summed E-state index contributed by atoms with van der Waals surface area (Å²) >= 11 is 3.59. The van der Waals surface area contributed by atoms with Gasteiger partial charge in [-0.3, -0.25) is 0 Å². The summed E-state index contributed by atoms with van der Waals surface area (Å²) in [6.07, 6.45) is 0. The lowest BCUT2D eigenvalue weighted by atomic mass is 10.4. The van der Waals surface area contributed by atoms with Crippen molar-refractivity contribution in [2.24, 2.45) is 12.0 Å². The number of nitrogens with one attached hydrogen (secondary N) is 2. The second-order valence-electron chi connectivity index (χ2n) is 6.44. The SMILES string of the molecule is Cc1nnc(CN=C(NCc2cccs2)NCC(C)Sc2ccccc2)n1C. The number of benzene rings is 1. The topological polar surface area (TPSA) is 67.1 Å². The molecule has 0 fully saturated rings. The standard InChI is InChI=1S/C20H26N6S2/c1-15(28-17-8-5-4-6-9-17)12-21-20(22-13-18-10-7-11-27-18)23-14-19-25-24-16(2)26(19)3/h4-11,15H,12-14H2,1-3H3,(H2,21,22,23). The lowest BCUT2D eigenvalue weighted by Gasteiger charge is -2.16. The molecule has 0 bridgehead atoms. The fourth-order valence-electron chi connectivity index (χ4n) is 2.51. The summed E-state index contributed by atoms with van der Waals surface area (Å²) < 4.78 is 1.97. The highest BCUT2D eigenvalue weighted by Gasteiger charge is 2.08. The highest BCUT2D eigenvalue weighted by molar-refractivity contribution is 8.00. The van der Waals surface area contributed by atoms with Crippen LogP contribution < -0.4 is 10.6 Å². The molecule has 1 unspecified atom stereocenters. The third-order valence-corrected chi connectivity index (χ3v) is 6.20. The van der Waals surface area contributed by atoms with Gasteiger partial charge in [-0.1, -0.05) is 31.2 Å². The summed E-state index contributed by atoms with van der Waals surface area (Å²) in [4.78, 5) is 7.26. The van der Waals surface area contributed by atoms with E-state index in [1.807, 2.05) is 36.4 Å².